The first-order chi connectivity index (χ1) is 13.8. The number of hydrogen-bond donors (Lipinski definition) is 1. The van der Waals surface area contributed by atoms with Gasteiger partial charge in [0.25, 0.3) is 17.5 Å². The molecule has 4 fully saturated rings. The van der Waals surface area contributed by atoms with Crippen LogP contribution in [0.3, 0.4) is 0 Å². The van der Waals surface area contributed by atoms with E-state index in [1.54, 1.807) is 6.92 Å². The highest BCUT2D eigenvalue weighted by molar-refractivity contribution is 6.23. The third-order valence-electron chi connectivity index (χ3n) is 7.31. The molecule has 1 heterocycles. The van der Waals surface area contributed by atoms with Gasteiger partial charge < -0.3 is 5.32 Å². The summed E-state index contributed by atoms with van der Waals surface area (Å²) in [4.78, 5) is 49.9. The van der Waals surface area contributed by atoms with Crippen LogP contribution < -0.4 is 5.32 Å². The molecule has 1 atom stereocenters. The fourth-order valence-electron chi connectivity index (χ4n) is 6.46. The number of nitrogens with one attached hydrogen (secondary N) is 1. The maximum atomic E-state index is 13.1. The maximum Gasteiger partial charge on any atom is 0.270 e. The second-order valence-electron chi connectivity index (χ2n) is 9.33. The molecule has 0 spiro atoms. The predicted octanol–water partition coefficient (Wildman–Crippen LogP) is 2.66. The Morgan fingerprint density at radius 3 is 2.21 bits per heavy atom. The van der Waals surface area contributed by atoms with E-state index >= 15 is 0 Å². The van der Waals surface area contributed by atoms with Crippen molar-refractivity contribution >= 4 is 23.4 Å². The van der Waals surface area contributed by atoms with Gasteiger partial charge in [0.2, 0.25) is 5.91 Å². The summed E-state index contributed by atoms with van der Waals surface area (Å²) < 4.78 is 0. The van der Waals surface area contributed by atoms with Gasteiger partial charge in [0, 0.05) is 17.7 Å². The number of benzene rings is 1. The number of nitro benzene ring substituents is 1. The number of fused-ring (bicyclic) bond motifs is 1. The van der Waals surface area contributed by atoms with Crippen molar-refractivity contribution in [3.63, 3.8) is 0 Å². The van der Waals surface area contributed by atoms with E-state index < -0.39 is 22.8 Å². The van der Waals surface area contributed by atoms with Gasteiger partial charge in [0.05, 0.1) is 16.1 Å². The fourth-order valence-corrected chi connectivity index (χ4v) is 6.46. The lowest BCUT2D eigenvalue weighted by molar-refractivity contribution is -0.384. The quantitative estimate of drug-likeness (QED) is 0.477. The van der Waals surface area contributed by atoms with Gasteiger partial charge in [0.1, 0.15) is 6.04 Å². The van der Waals surface area contributed by atoms with Crippen molar-refractivity contribution < 1.29 is 19.3 Å². The monoisotopic (exact) mass is 397 g/mol. The van der Waals surface area contributed by atoms with Crippen molar-refractivity contribution in [2.24, 2.45) is 17.8 Å². The third kappa shape index (κ3) is 2.76. The molecule has 1 aliphatic heterocycles. The molecule has 6 rings (SSSR count). The first kappa shape index (κ1) is 18.3. The molecule has 4 aliphatic carbocycles. The zero-order chi connectivity index (χ0) is 20.5. The molecule has 29 heavy (non-hydrogen) atoms. The van der Waals surface area contributed by atoms with Crippen molar-refractivity contribution in [3.05, 3.63) is 39.4 Å². The first-order valence-corrected chi connectivity index (χ1v) is 10.2. The normalized spacial score (nSPS) is 33.0. The highest BCUT2D eigenvalue weighted by Crippen LogP contribution is 2.55. The zero-order valence-electron chi connectivity index (χ0n) is 16.2. The number of carbonyl (C=O) groups excluding carboxylic acids is 3. The van der Waals surface area contributed by atoms with Crippen LogP contribution in [0.5, 0.6) is 0 Å². The van der Waals surface area contributed by atoms with E-state index in [-0.39, 0.29) is 28.3 Å². The predicted molar refractivity (Wildman–Crippen MR) is 102 cm³/mol. The highest BCUT2D eigenvalue weighted by Gasteiger charge is 2.52. The molecule has 0 saturated heterocycles. The molecule has 5 aliphatic rings. The van der Waals surface area contributed by atoms with E-state index in [0.717, 1.165) is 30.2 Å². The van der Waals surface area contributed by atoms with Gasteiger partial charge in [-0.3, -0.25) is 29.4 Å². The lowest BCUT2D eigenvalue weighted by Crippen LogP contribution is -2.62. The topological polar surface area (TPSA) is 110 Å². The molecular formula is C21H23N3O5. The maximum absolute atomic E-state index is 13.1. The van der Waals surface area contributed by atoms with Crippen molar-refractivity contribution in [3.8, 4) is 0 Å². The van der Waals surface area contributed by atoms with E-state index in [1.165, 1.54) is 31.4 Å². The molecule has 0 aromatic heterocycles. The van der Waals surface area contributed by atoms with E-state index in [9.17, 15) is 24.5 Å². The minimum atomic E-state index is -0.963. The minimum Gasteiger partial charge on any atom is -0.349 e. The van der Waals surface area contributed by atoms with Gasteiger partial charge >= 0.3 is 0 Å². The van der Waals surface area contributed by atoms with Gasteiger partial charge in [-0.2, -0.15) is 0 Å². The minimum absolute atomic E-state index is 0.0151. The van der Waals surface area contributed by atoms with Gasteiger partial charge in [0.15, 0.2) is 0 Å². The van der Waals surface area contributed by atoms with E-state index in [1.807, 2.05) is 0 Å². The van der Waals surface area contributed by atoms with Crippen LogP contribution in [0, 0.1) is 27.9 Å². The van der Waals surface area contributed by atoms with Crippen LogP contribution in [0.15, 0.2) is 18.2 Å². The Morgan fingerprint density at radius 2 is 1.66 bits per heavy atom. The molecule has 152 valence electrons. The molecule has 1 N–H and O–H groups in total. The Balaban J connectivity index is 1.36. The van der Waals surface area contributed by atoms with Gasteiger partial charge in [-0.1, -0.05) is 0 Å². The number of nitro groups is 1. The van der Waals surface area contributed by atoms with E-state index in [2.05, 4.69) is 5.32 Å². The summed E-state index contributed by atoms with van der Waals surface area (Å²) in [6.45, 7) is 1.55. The molecule has 3 amide bonds. The highest BCUT2D eigenvalue weighted by atomic mass is 16.6. The summed E-state index contributed by atoms with van der Waals surface area (Å²) in [6.07, 6.45) is 6.69. The number of carbonyl (C=O) groups is 3. The van der Waals surface area contributed by atoms with Crippen molar-refractivity contribution in [1.29, 1.82) is 0 Å². The van der Waals surface area contributed by atoms with Gasteiger partial charge in [-0.05, 0) is 69.3 Å². The standard InChI is InChI=1S/C21H23N3O5/c1-11(18(25)22-21-8-12-4-13(9-21)6-14(5-12)10-21)23-19(26)16-3-2-15(24(28)29)7-17(16)20(23)27/h2-3,7,11-14H,4-6,8-10H2,1H3,(H,22,25). The number of amides is 3. The van der Waals surface area contributed by atoms with Crippen LogP contribution in [-0.2, 0) is 4.79 Å². The van der Waals surface area contributed by atoms with Crippen molar-refractivity contribution in [2.75, 3.05) is 0 Å². The smallest absolute Gasteiger partial charge is 0.270 e. The van der Waals surface area contributed by atoms with Crippen molar-refractivity contribution in [1.82, 2.24) is 10.2 Å². The number of nitrogens with zero attached hydrogens (tertiary/aromatic N) is 2. The average molecular weight is 397 g/mol. The van der Waals surface area contributed by atoms with Gasteiger partial charge in [-0.15, -0.1) is 0 Å². The zero-order valence-corrected chi connectivity index (χ0v) is 16.2. The molecule has 1 unspecified atom stereocenters. The second-order valence-corrected chi connectivity index (χ2v) is 9.33. The SMILES string of the molecule is CC(C(=O)NC12CC3CC(CC(C3)C1)C2)N1C(=O)c2ccc([N+](=O)[O-])cc2C1=O. The van der Waals surface area contributed by atoms with Crippen LogP contribution in [-0.4, -0.2) is 39.1 Å². The molecule has 8 heteroatoms. The number of rotatable bonds is 4. The Bertz CT molecular complexity index is 920. The lowest BCUT2D eigenvalue weighted by Gasteiger charge is -2.57. The lowest BCUT2D eigenvalue weighted by atomic mass is 9.53. The van der Waals surface area contributed by atoms with Crippen LogP contribution in [0.1, 0.15) is 66.2 Å². The third-order valence-corrected chi connectivity index (χ3v) is 7.31. The van der Waals surface area contributed by atoms with E-state index in [0.29, 0.717) is 17.8 Å². The largest absolute Gasteiger partial charge is 0.349 e. The molecule has 8 nitrogen and oxygen atoms in total. The number of imide groups is 1. The second kappa shape index (κ2) is 6.11. The summed E-state index contributed by atoms with van der Waals surface area (Å²) in [6, 6.07) is 2.64. The summed E-state index contributed by atoms with van der Waals surface area (Å²) in [5.41, 5.74) is -0.372. The summed E-state index contributed by atoms with van der Waals surface area (Å²) in [7, 11) is 0. The molecule has 4 saturated carbocycles. The summed E-state index contributed by atoms with van der Waals surface area (Å²) in [5, 5.41) is 14.2. The molecule has 4 bridgehead atoms. The summed E-state index contributed by atoms with van der Waals surface area (Å²) in [5.74, 6) is 0.441. The first-order valence-electron chi connectivity index (χ1n) is 10.2. The number of non-ortho nitro benzene ring substituents is 1. The Labute approximate surface area is 167 Å². The average Bonchev–Trinajstić information content (AvgIpc) is 2.89. The fraction of sp³-hybridized carbons (Fsp3) is 0.571. The van der Waals surface area contributed by atoms with Crippen LogP contribution in [0.25, 0.3) is 0 Å². The van der Waals surface area contributed by atoms with Crippen LogP contribution >= 0.6 is 0 Å². The molecule has 1 aromatic rings. The Kier molecular flexibility index (Phi) is 3.85. The van der Waals surface area contributed by atoms with Gasteiger partial charge in [-0.25, -0.2) is 0 Å². The van der Waals surface area contributed by atoms with Crippen LogP contribution in [0.2, 0.25) is 0 Å². The molecular weight excluding hydrogens is 374 g/mol. The Morgan fingerprint density at radius 1 is 1.10 bits per heavy atom. The Hall–Kier alpha value is -2.77. The molecule has 1 aromatic carbocycles. The number of hydrogen-bond acceptors (Lipinski definition) is 5. The van der Waals surface area contributed by atoms with E-state index in [4.69, 9.17) is 0 Å². The summed E-state index contributed by atoms with van der Waals surface area (Å²) >= 11 is 0. The molecule has 0 radical (unpaired) electrons. The van der Waals surface area contributed by atoms with Crippen LogP contribution in [0.4, 0.5) is 5.69 Å². The van der Waals surface area contributed by atoms with Crippen molar-refractivity contribution in [2.45, 2.75) is 57.0 Å².